The Bertz CT molecular complexity index is 377. The molecule has 0 radical (unpaired) electrons. The second kappa shape index (κ2) is 6.21. The molecule has 2 atom stereocenters. The number of nitrogens with one attached hydrogen (secondary N) is 1. The minimum absolute atomic E-state index is 0.470. The fourth-order valence-electron chi connectivity index (χ4n) is 2.37. The second-order valence-corrected chi connectivity index (χ2v) is 5.18. The standard InChI is InChI=1S/C15H23NO2/c1-11(12-5-3-6-12)16-10-15(17)13-7-4-8-14(9-13)18-2/h4,7-9,11-12,15-17H,3,5-6,10H2,1-2H3. The number of hydrogen-bond donors (Lipinski definition) is 2. The van der Waals surface area contributed by atoms with Gasteiger partial charge in [0.05, 0.1) is 13.2 Å². The zero-order valence-corrected chi connectivity index (χ0v) is 11.2. The molecule has 2 N–H and O–H groups in total. The first kappa shape index (κ1) is 13.4. The molecule has 1 aliphatic rings. The SMILES string of the molecule is COc1cccc(C(O)CNC(C)C2CCC2)c1. The first-order chi connectivity index (χ1) is 8.70. The molecule has 0 spiro atoms. The molecule has 0 amide bonds. The Balaban J connectivity index is 1.84. The Morgan fingerprint density at radius 1 is 1.44 bits per heavy atom. The number of benzene rings is 1. The van der Waals surface area contributed by atoms with Crippen LogP contribution in [0, 0.1) is 5.92 Å². The monoisotopic (exact) mass is 249 g/mol. The molecule has 100 valence electrons. The van der Waals surface area contributed by atoms with E-state index >= 15 is 0 Å². The van der Waals surface area contributed by atoms with Crippen molar-refractivity contribution >= 4 is 0 Å². The lowest BCUT2D eigenvalue weighted by Crippen LogP contribution is -2.39. The third-order valence-electron chi connectivity index (χ3n) is 3.97. The zero-order valence-electron chi connectivity index (χ0n) is 11.2. The summed E-state index contributed by atoms with van der Waals surface area (Å²) >= 11 is 0. The average molecular weight is 249 g/mol. The van der Waals surface area contributed by atoms with Crippen molar-refractivity contribution in [1.82, 2.24) is 5.32 Å². The largest absolute Gasteiger partial charge is 0.497 e. The number of rotatable bonds is 6. The molecule has 1 fully saturated rings. The number of aliphatic hydroxyl groups is 1. The van der Waals surface area contributed by atoms with E-state index in [9.17, 15) is 5.11 Å². The van der Waals surface area contributed by atoms with E-state index in [1.165, 1.54) is 19.3 Å². The summed E-state index contributed by atoms with van der Waals surface area (Å²) in [6, 6.07) is 8.12. The molecule has 1 aromatic carbocycles. The van der Waals surface area contributed by atoms with Crippen molar-refractivity contribution in [2.75, 3.05) is 13.7 Å². The summed E-state index contributed by atoms with van der Waals surface area (Å²) in [6.45, 7) is 2.81. The van der Waals surface area contributed by atoms with Gasteiger partial charge >= 0.3 is 0 Å². The molecule has 0 bridgehead atoms. The molecular formula is C15H23NO2. The minimum atomic E-state index is -0.470. The van der Waals surface area contributed by atoms with Crippen LogP contribution in [-0.2, 0) is 0 Å². The van der Waals surface area contributed by atoms with Crippen LogP contribution >= 0.6 is 0 Å². The van der Waals surface area contributed by atoms with Gasteiger partial charge in [0.1, 0.15) is 5.75 Å². The van der Waals surface area contributed by atoms with E-state index in [2.05, 4.69) is 12.2 Å². The van der Waals surface area contributed by atoms with E-state index in [-0.39, 0.29) is 0 Å². The van der Waals surface area contributed by atoms with Crippen LogP contribution in [0.25, 0.3) is 0 Å². The lowest BCUT2D eigenvalue weighted by atomic mass is 9.80. The molecule has 1 saturated carbocycles. The maximum atomic E-state index is 10.1. The van der Waals surface area contributed by atoms with E-state index in [4.69, 9.17) is 4.74 Å². The van der Waals surface area contributed by atoms with E-state index in [1.54, 1.807) is 7.11 Å². The van der Waals surface area contributed by atoms with Crippen LogP contribution in [0.1, 0.15) is 37.9 Å². The van der Waals surface area contributed by atoms with Gasteiger partial charge in [-0.3, -0.25) is 0 Å². The Labute approximate surface area is 109 Å². The van der Waals surface area contributed by atoms with Crippen molar-refractivity contribution in [1.29, 1.82) is 0 Å². The van der Waals surface area contributed by atoms with Gasteiger partial charge in [-0.1, -0.05) is 18.6 Å². The van der Waals surface area contributed by atoms with E-state index < -0.39 is 6.10 Å². The summed E-state index contributed by atoms with van der Waals surface area (Å²) in [4.78, 5) is 0. The van der Waals surface area contributed by atoms with Gasteiger partial charge in [0.15, 0.2) is 0 Å². The maximum absolute atomic E-state index is 10.1. The normalized spacial score (nSPS) is 19.1. The highest BCUT2D eigenvalue weighted by Crippen LogP contribution is 2.29. The highest BCUT2D eigenvalue weighted by Gasteiger charge is 2.23. The average Bonchev–Trinajstić information content (AvgIpc) is 2.34. The van der Waals surface area contributed by atoms with Gasteiger partial charge in [-0.05, 0) is 43.4 Å². The number of methoxy groups -OCH3 is 1. The van der Waals surface area contributed by atoms with Crippen LogP contribution in [-0.4, -0.2) is 24.8 Å². The molecule has 2 unspecified atom stereocenters. The van der Waals surface area contributed by atoms with Crippen LogP contribution < -0.4 is 10.1 Å². The van der Waals surface area contributed by atoms with Gasteiger partial charge in [-0.2, -0.15) is 0 Å². The van der Waals surface area contributed by atoms with Crippen molar-refractivity contribution in [3.8, 4) is 5.75 Å². The zero-order chi connectivity index (χ0) is 13.0. The highest BCUT2D eigenvalue weighted by atomic mass is 16.5. The molecule has 1 aromatic rings. The summed E-state index contributed by atoms with van der Waals surface area (Å²) < 4.78 is 5.16. The van der Waals surface area contributed by atoms with Gasteiger partial charge in [0.25, 0.3) is 0 Å². The summed E-state index contributed by atoms with van der Waals surface area (Å²) in [7, 11) is 1.64. The van der Waals surface area contributed by atoms with Crippen LogP contribution in [0.15, 0.2) is 24.3 Å². The molecule has 2 rings (SSSR count). The summed E-state index contributed by atoms with van der Waals surface area (Å²) in [6.07, 6.45) is 3.53. The molecule has 0 saturated heterocycles. The number of ether oxygens (including phenoxy) is 1. The maximum Gasteiger partial charge on any atom is 0.119 e. The Kier molecular flexibility index (Phi) is 4.61. The summed E-state index contributed by atoms with van der Waals surface area (Å²) in [5.74, 6) is 1.58. The van der Waals surface area contributed by atoms with Crippen molar-refractivity contribution in [2.24, 2.45) is 5.92 Å². The Hall–Kier alpha value is -1.06. The van der Waals surface area contributed by atoms with E-state index in [1.807, 2.05) is 24.3 Å². The van der Waals surface area contributed by atoms with Crippen molar-refractivity contribution in [3.63, 3.8) is 0 Å². The first-order valence-electron chi connectivity index (χ1n) is 6.76. The lowest BCUT2D eigenvalue weighted by Gasteiger charge is -2.32. The first-order valence-corrected chi connectivity index (χ1v) is 6.76. The predicted molar refractivity (Wildman–Crippen MR) is 72.8 cm³/mol. The minimum Gasteiger partial charge on any atom is -0.497 e. The van der Waals surface area contributed by atoms with Crippen molar-refractivity contribution < 1.29 is 9.84 Å². The van der Waals surface area contributed by atoms with Gasteiger partial charge in [-0.25, -0.2) is 0 Å². The molecule has 0 aromatic heterocycles. The molecule has 3 heteroatoms. The molecular weight excluding hydrogens is 226 g/mol. The molecule has 0 heterocycles. The molecule has 18 heavy (non-hydrogen) atoms. The van der Waals surface area contributed by atoms with Crippen molar-refractivity contribution in [2.45, 2.75) is 38.3 Å². The predicted octanol–water partition coefficient (Wildman–Crippen LogP) is 2.51. The quantitative estimate of drug-likeness (QED) is 0.814. The fourth-order valence-corrected chi connectivity index (χ4v) is 2.37. The summed E-state index contributed by atoms with van der Waals surface area (Å²) in [5, 5.41) is 13.6. The molecule has 1 aliphatic carbocycles. The van der Waals surface area contributed by atoms with Gasteiger partial charge in [0, 0.05) is 12.6 Å². The third kappa shape index (κ3) is 3.24. The van der Waals surface area contributed by atoms with Crippen LogP contribution in [0.4, 0.5) is 0 Å². The van der Waals surface area contributed by atoms with Crippen LogP contribution in [0.5, 0.6) is 5.75 Å². The van der Waals surface area contributed by atoms with Gasteiger partial charge in [0.2, 0.25) is 0 Å². The summed E-state index contributed by atoms with van der Waals surface area (Å²) in [5.41, 5.74) is 0.905. The topological polar surface area (TPSA) is 41.5 Å². The highest BCUT2D eigenvalue weighted by molar-refractivity contribution is 5.29. The van der Waals surface area contributed by atoms with Crippen LogP contribution in [0.2, 0.25) is 0 Å². The van der Waals surface area contributed by atoms with E-state index in [0.29, 0.717) is 12.6 Å². The number of hydrogen-bond acceptors (Lipinski definition) is 3. The fraction of sp³-hybridized carbons (Fsp3) is 0.600. The lowest BCUT2D eigenvalue weighted by molar-refractivity contribution is 0.154. The Morgan fingerprint density at radius 2 is 2.22 bits per heavy atom. The number of aliphatic hydroxyl groups excluding tert-OH is 1. The van der Waals surface area contributed by atoms with Crippen molar-refractivity contribution in [3.05, 3.63) is 29.8 Å². The molecule has 3 nitrogen and oxygen atoms in total. The van der Waals surface area contributed by atoms with Crippen LogP contribution in [0.3, 0.4) is 0 Å². The van der Waals surface area contributed by atoms with Gasteiger partial charge in [-0.15, -0.1) is 0 Å². The van der Waals surface area contributed by atoms with E-state index in [0.717, 1.165) is 17.2 Å². The van der Waals surface area contributed by atoms with Gasteiger partial charge < -0.3 is 15.2 Å². The Morgan fingerprint density at radius 3 is 2.83 bits per heavy atom. The second-order valence-electron chi connectivity index (χ2n) is 5.18. The molecule has 0 aliphatic heterocycles. The third-order valence-corrected chi connectivity index (χ3v) is 3.97. The smallest absolute Gasteiger partial charge is 0.119 e.